The van der Waals surface area contributed by atoms with Gasteiger partial charge < -0.3 is 10.6 Å². The average Bonchev–Trinajstić information content (AvgIpc) is 2.84. The first kappa shape index (κ1) is 32.6. The highest BCUT2D eigenvalue weighted by Crippen LogP contribution is 2.54. The van der Waals surface area contributed by atoms with Gasteiger partial charge in [0.05, 0.1) is 11.3 Å². The summed E-state index contributed by atoms with van der Waals surface area (Å²) in [5.41, 5.74) is -7.49. The van der Waals surface area contributed by atoms with E-state index in [0.29, 0.717) is 17.7 Å². The standard InChI is InChI=1S/C16H7F8I2NO.C8H8FNO/c17-9-4-2-1-3-8(9)13(28)27-12-10(25)5-7(6-11(12)26)14(18,15(19,20)21)16(22,23)24;1-10-8(11)6-3-2-4-7(9)5-6/h1-6H,(H,27,28);2-5H,1H3,(H,10,11). The van der Waals surface area contributed by atoms with Gasteiger partial charge in [-0.15, -0.1) is 0 Å². The third-order valence-electron chi connectivity index (χ3n) is 4.89. The van der Waals surface area contributed by atoms with Crippen molar-refractivity contribution in [3.63, 3.8) is 0 Å². The summed E-state index contributed by atoms with van der Waals surface area (Å²) in [6.45, 7) is 0. The molecule has 3 aromatic carbocycles. The van der Waals surface area contributed by atoms with Crippen LogP contribution < -0.4 is 10.6 Å². The third-order valence-corrected chi connectivity index (χ3v) is 6.59. The Hall–Kier alpha value is -2.57. The van der Waals surface area contributed by atoms with Crippen molar-refractivity contribution in [2.24, 2.45) is 0 Å². The minimum atomic E-state index is -6.25. The van der Waals surface area contributed by atoms with Crippen molar-refractivity contribution >= 4 is 62.7 Å². The van der Waals surface area contributed by atoms with E-state index in [-0.39, 0.29) is 24.3 Å². The molecule has 3 aromatic rings. The second kappa shape index (κ2) is 12.7. The topological polar surface area (TPSA) is 58.2 Å². The molecule has 0 spiro atoms. The van der Waals surface area contributed by atoms with Crippen molar-refractivity contribution < 1.29 is 49.1 Å². The second-order valence-electron chi connectivity index (χ2n) is 7.49. The normalized spacial score (nSPS) is 11.8. The zero-order valence-electron chi connectivity index (χ0n) is 19.2. The van der Waals surface area contributed by atoms with Crippen LogP contribution in [0.5, 0.6) is 0 Å². The SMILES string of the molecule is CNC(=O)c1cccc(F)c1.O=C(Nc1c(I)cc(C(F)(C(F)(F)F)C(F)(F)F)cc1I)c1ccccc1F. The van der Waals surface area contributed by atoms with Gasteiger partial charge in [0.15, 0.2) is 0 Å². The molecule has 0 aliphatic rings. The number of benzene rings is 3. The number of hydrogen-bond acceptors (Lipinski definition) is 2. The van der Waals surface area contributed by atoms with E-state index in [4.69, 9.17) is 0 Å². The van der Waals surface area contributed by atoms with E-state index >= 15 is 0 Å². The number of carbonyl (C=O) groups is 2. The van der Waals surface area contributed by atoms with Crippen LogP contribution in [0.25, 0.3) is 0 Å². The van der Waals surface area contributed by atoms with Gasteiger partial charge in [-0.05, 0) is 87.6 Å². The van der Waals surface area contributed by atoms with Crippen LogP contribution in [0.4, 0.5) is 45.2 Å². The van der Waals surface area contributed by atoms with E-state index in [2.05, 4.69) is 10.6 Å². The Morgan fingerprint density at radius 2 is 1.28 bits per heavy atom. The average molecular weight is 788 g/mol. The molecule has 15 heteroatoms. The number of hydrogen-bond donors (Lipinski definition) is 2. The first-order chi connectivity index (χ1) is 17.9. The van der Waals surface area contributed by atoms with Gasteiger partial charge in [0.1, 0.15) is 11.6 Å². The van der Waals surface area contributed by atoms with E-state index < -0.39 is 41.1 Å². The molecule has 0 aromatic heterocycles. The van der Waals surface area contributed by atoms with Crippen LogP contribution in [0.1, 0.15) is 26.3 Å². The molecule has 2 amide bonds. The van der Waals surface area contributed by atoms with Crippen molar-refractivity contribution in [2.75, 3.05) is 12.4 Å². The summed E-state index contributed by atoms with van der Waals surface area (Å²) in [7, 11) is 1.51. The number of carbonyl (C=O) groups excluding carboxylic acids is 2. The maximum absolute atomic E-state index is 14.2. The lowest BCUT2D eigenvalue weighted by Gasteiger charge is -2.31. The smallest absolute Gasteiger partial charge is 0.355 e. The molecule has 3 rings (SSSR count). The molecule has 4 nitrogen and oxygen atoms in total. The summed E-state index contributed by atoms with van der Waals surface area (Å²) in [5.74, 6) is -2.52. The van der Waals surface area contributed by atoms with Crippen LogP contribution in [0.2, 0.25) is 0 Å². The monoisotopic (exact) mass is 788 g/mol. The molecule has 0 aliphatic carbocycles. The van der Waals surface area contributed by atoms with Crippen LogP contribution in [0.15, 0.2) is 60.7 Å². The van der Waals surface area contributed by atoms with Crippen molar-refractivity contribution in [1.82, 2.24) is 5.32 Å². The van der Waals surface area contributed by atoms with E-state index in [1.54, 1.807) is 6.07 Å². The number of anilines is 1. The Bertz CT molecular complexity index is 1320. The molecule has 0 fully saturated rings. The number of rotatable bonds is 4. The Kier molecular flexibility index (Phi) is 10.7. The van der Waals surface area contributed by atoms with Gasteiger partial charge in [0.25, 0.3) is 11.8 Å². The van der Waals surface area contributed by atoms with Gasteiger partial charge in [-0.3, -0.25) is 9.59 Å². The maximum atomic E-state index is 14.2. The van der Waals surface area contributed by atoms with E-state index in [0.717, 1.165) is 12.1 Å². The highest BCUT2D eigenvalue weighted by Gasteiger charge is 2.73. The fourth-order valence-corrected chi connectivity index (χ4v) is 5.02. The van der Waals surface area contributed by atoms with Crippen molar-refractivity contribution in [1.29, 1.82) is 0 Å². The predicted molar refractivity (Wildman–Crippen MR) is 141 cm³/mol. The summed E-state index contributed by atoms with van der Waals surface area (Å²) in [5, 5.41) is 4.62. The van der Waals surface area contributed by atoms with Gasteiger partial charge in [0, 0.05) is 25.3 Å². The van der Waals surface area contributed by atoms with Gasteiger partial charge in [-0.2, -0.15) is 26.3 Å². The molecule has 0 aliphatic heterocycles. The summed E-state index contributed by atoms with van der Waals surface area (Å²) < 4.78 is 117. The zero-order valence-corrected chi connectivity index (χ0v) is 23.6. The third kappa shape index (κ3) is 7.55. The molecular formula is C24H15F9I2N2O2. The van der Waals surface area contributed by atoms with Crippen LogP contribution in [-0.2, 0) is 5.67 Å². The van der Waals surface area contributed by atoms with E-state index in [1.807, 2.05) is 0 Å². The number of alkyl halides is 7. The molecule has 39 heavy (non-hydrogen) atoms. The van der Waals surface area contributed by atoms with Crippen LogP contribution in [-0.4, -0.2) is 31.2 Å². The molecule has 0 saturated carbocycles. The first-order valence-corrected chi connectivity index (χ1v) is 12.4. The molecule has 0 unspecified atom stereocenters. The van der Waals surface area contributed by atoms with E-state index in [9.17, 15) is 49.1 Å². The maximum Gasteiger partial charge on any atom is 0.435 e. The Morgan fingerprint density at radius 3 is 1.74 bits per heavy atom. The number of amides is 2. The van der Waals surface area contributed by atoms with Crippen LogP contribution in [0.3, 0.4) is 0 Å². The quantitative estimate of drug-likeness (QED) is 0.210. The minimum Gasteiger partial charge on any atom is -0.355 e. The summed E-state index contributed by atoms with van der Waals surface area (Å²) >= 11 is 2.71. The molecule has 0 saturated heterocycles. The van der Waals surface area contributed by atoms with Crippen molar-refractivity contribution in [2.45, 2.75) is 18.0 Å². The highest BCUT2D eigenvalue weighted by molar-refractivity contribution is 14.1. The fourth-order valence-electron chi connectivity index (χ4n) is 2.98. The molecule has 2 N–H and O–H groups in total. The lowest BCUT2D eigenvalue weighted by Crippen LogP contribution is -2.50. The lowest BCUT2D eigenvalue weighted by atomic mass is 9.94. The predicted octanol–water partition coefficient (Wildman–Crippen LogP) is 7.76. The molecule has 0 atom stereocenters. The van der Waals surface area contributed by atoms with Gasteiger partial charge in [-0.25, -0.2) is 13.2 Å². The van der Waals surface area contributed by atoms with Crippen molar-refractivity contribution in [3.05, 3.63) is 96.1 Å². The Labute approximate surface area is 242 Å². The van der Waals surface area contributed by atoms with E-state index in [1.165, 1.54) is 82.6 Å². The molecule has 210 valence electrons. The van der Waals surface area contributed by atoms with Gasteiger partial charge in [-0.1, -0.05) is 18.2 Å². The highest BCUT2D eigenvalue weighted by atomic mass is 127. The van der Waals surface area contributed by atoms with Crippen LogP contribution in [0, 0.1) is 18.8 Å². The molecule has 0 bridgehead atoms. The Balaban J connectivity index is 0.000000404. The lowest BCUT2D eigenvalue weighted by molar-refractivity contribution is -0.348. The Morgan fingerprint density at radius 1 is 0.744 bits per heavy atom. The summed E-state index contributed by atoms with van der Waals surface area (Å²) in [4.78, 5) is 23.0. The number of nitrogens with one attached hydrogen (secondary N) is 2. The molecular weight excluding hydrogens is 773 g/mol. The van der Waals surface area contributed by atoms with Crippen molar-refractivity contribution in [3.8, 4) is 0 Å². The van der Waals surface area contributed by atoms with Gasteiger partial charge in [0.2, 0.25) is 0 Å². The molecule has 0 heterocycles. The summed E-state index contributed by atoms with van der Waals surface area (Å²) in [6, 6.07) is 11.0. The van der Waals surface area contributed by atoms with Crippen LogP contribution >= 0.6 is 45.2 Å². The number of halogens is 11. The second-order valence-corrected chi connectivity index (χ2v) is 9.82. The zero-order chi connectivity index (χ0) is 29.8. The largest absolute Gasteiger partial charge is 0.435 e. The summed E-state index contributed by atoms with van der Waals surface area (Å²) in [6.07, 6.45) is -12.5. The van der Waals surface area contributed by atoms with Gasteiger partial charge >= 0.3 is 18.0 Å². The first-order valence-electron chi connectivity index (χ1n) is 10.3. The molecule has 0 radical (unpaired) electrons. The fraction of sp³-hybridized carbons (Fsp3) is 0.167. The minimum absolute atomic E-state index is 0.176.